The summed E-state index contributed by atoms with van der Waals surface area (Å²) in [5.74, 6) is 0.597. The van der Waals surface area contributed by atoms with Crippen molar-refractivity contribution in [1.29, 1.82) is 0 Å². The highest BCUT2D eigenvalue weighted by atomic mass is 16.6. The van der Waals surface area contributed by atoms with E-state index in [1.54, 1.807) is 12.1 Å². The number of nitro groups is 1. The van der Waals surface area contributed by atoms with Crippen molar-refractivity contribution in [2.45, 2.75) is 6.54 Å². The second kappa shape index (κ2) is 4.92. The van der Waals surface area contributed by atoms with Gasteiger partial charge in [-0.15, -0.1) is 0 Å². The number of hydrogen-bond acceptors (Lipinski definition) is 6. The Kier molecular flexibility index (Phi) is 2.96. The largest absolute Gasteiger partial charge is 0.372 e. The molecular weight excluding hydrogens is 260 g/mol. The van der Waals surface area contributed by atoms with Gasteiger partial charge in [0, 0.05) is 5.39 Å². The number of nitrogens with one attached hydrogen (secondary N) is 2. The average Bonchev–Trinajstić information content (AvgIpc) is 2.97. The van der Waals surface area contributed by atoms with Gasteiger partial charge in [0.05, 0.1) is 17.0 Å². The van der Waals surface area contributed by atoms with Crippen LogP contribution in [0.3, 0.4) is 0 Å². The number of aromatic nitrogens is 4. The first-order valence-corrected chi connectivity index (χ1v) is 5.86. The van der Waals surface area contributed by atoms with Crippen LogP contribution in [0.5, 0.6) is 0 Å². The first kappa shape index (κ1) is 12.0. The molecule has 2 aromatic heterocycles. The summed E-state index contributed by atoms with van der Waals surface area (Å²) in [6.45, 7) is 0.314. The number of aromatic amines is 1. The minimum atomic E-state index is -0.456. The Morgan fingerprint density at radius 3 is 2.90 bits per heavy atom. The predicted octanol–water partition coefficient (Wildman–Crippen LogP) is 1.87. The van der Waals surface area contributed by atoms with E-state index in [1.165, 1.54) is 12.5 Å². The van der Waals surface area contributed by atoms with Gasteiger partial charge in [-0.1, -0.05) is 18.2 Å². The van der Waals surface area contributed by atoms with Crippen LogP contribution in [0.25, 0.3) is 10.9 Å². The van der Waals surface area contributed by atoms with Gasteiger partial charge in [0.1, 0.15) is 24.0 Å². The molecule has 3 rings (SSSR count). The number of fused-ring (bicyclic) bond motifs is 1. The van der Waals surface area contributed by atoms with Crippen LogP contribution in [0.15, 0.2) is 36.8 Å². The molecule has 2 heterocycles. The van der Waals surface area contributed by atoms with E-state index >= 15 is 0 Å². The fourth-order valence-corrected chi connectivity index (χ4v) is 1.94. The Bertz CT molecular complexity index is 756. The lowest BCUT2D eigenvalue weighted by atomic mass is 10.1. The molecule has 0 bridgehead atoms. The summed E-state index contributed by atoms with van der Waals surface area (Å²) < 4.78 is 0. The van der Waals surface area contributed by atoms with Crippen LogP contribution in [-0.2, 0) is 6.54 Å². The Morgan fingerprint density at radius 1 is 1.30 bits per heavy atom. The fraction of sp³-hybridized carbons (Fsp3) is 0.0833. The van der Waals surface area contributed by atoms with Gasteiger partial charge in [0.25, 0.3) is 0 Å². The van der Waals surface area contributed by atoms with Crippen molar-refractivity contribution >= 4 is 22.3 Å². The van der Waals surface area contributed by atoms with Crippen molar-refractivity contribution in [3.63, 3.8) is 0 Å². The molecule has 8 heteroatoms. The molecule has 0 aliphatic carbocycles. The maximum absolute atomic E-state index is 11.1. The number of H-pyrrole nitrogens is 1. The van der Waals surface area contributed by atoms with E-state index in [0.29, 0.717) is 29.0 Å². The molecule has 0 spiro atoms. The Hall–Kier alpha value is -3.03. The lowest BCUT2D eigenvalue weighted by Gasteiger charge is -2.08. The smallest absolute Gasteiger partial charge is 0.311 e. The topological polar surface area (TPSA) is 110 Å². The summed E-state index contributed by atoms with van der Waals surface area (Å²) in [6.07, 6.45) is 2.64. The summed E-state index contributed by atoms with van der Waals surface area (Å²) in [4.78, 5) is 18.7. The van der Waals surface area contributed by atoms with E-state index in [0.717, 1.165) is 0 Å². The number of hydrogen-bond donors (Lipinski definition) is 2. The quantitative estimate of drug-likeness (QED) is 0.553. The number of rotatable bonds is 4. The van der Waals surface area contributed by atoms with Gasteiger partial charge in [-0.25, -0.2) is 9.97 Å². The number of benzene rings is 1. The Morgan fingerprint density at radius 2 is 2.15 bits per heavy atom. The molecule has 0 aliphatic heterocycles. The van der Waals surface area contributed by atoms with Crippen molar-refractivity contribution in [3.05, 3.63) is 52.7 Å². The zero-order chi connectivity index (χ0) is 13.9. The standard InChI is InChI=1S/C12H10N6O2/c19-18(20)10-5-13-9-4-2-1-3-8(9)12(10)14-6-11-15-7-16-17-11/h1-5,7H,6H2,(H,13,14)(H,15,16,17). The van der Waals surface area contributed by atoms with E-state index in [4.69, 9.17) is 0 Å². The van der Waals surface area contributed by atoms with Gasteiger partial charge in [0.15, 0.2) is 0 Å². The van der Waals surface area contributed by atoms with Gasteiger partial charge in [-0.2, -0.15) is 5.10 Å². The monoisotopic (exact) mass is 270 g/mol. The van der Waals surface area contributed by atoms with Gasteiger partial charge < -0.3 is 5.32 Å². The predicted molar refractivity (Wildman–Crippen MR) is 72.1 cm³/mol. The molecule has 0 saturated heterocycles. The first-order valence-electron chi connectivity index (χ1n) is 5.86. The highest BCUT2D eigenvalue weighted by Gasteiger charge is 2.17. The van der Waals surface area contributed by atoms with Gasteiger partial charge in [-0.05, 0) is 6.07 Å². The fourth-order valence-electron chi connectivity index (χ4n) is 1.94. The van der Waals surface area contributed by atoms with E-state index in [1.807, 2.05) is 12.1 Å². The van der Waals surface area contributed by atoms with E-state index < -0.39 is 4.92 Å². The molecule has 0 amide bonds. The van der Waals surface area contributed by atoms with Crippen molar-refractivity contribution in [2.24, 2.45) is 0 Å². The summed E-state index contributed by atoms with van der Waals surface area (Å²) in [5.41, 5.74) is 1.05. The minimum Gasteiger partial charge on any atom is -0.372 e. The van der Waals surface area contributed by atoms with Crippen LogP contribution in [0.4, 0.5) is 11.4 Å². The number of pyridine rings is 1. The van der Waals surface area contributed by atoms with E-state index in [-0.39, 0.29) is 5.69 Å². The maximum Gasteiger partial charge on any atom is 0.311 e. The molecule has 20 heavy (non-hydrogen) atoms. The van der Waals surface area contributed by atoms with Gasteiger partial charge >= 0.3 is 5.69 Å². The second-order valence-corrected chi connectivity index (χ2v) is 4.08. The molecular formula is C12H10N6O2. The summed E-state index contributed by atoms with van der Waals surface area (Å²) in [6, 6.07) is 7.24. The average molecular weight is 270 g/mol. The molecule has 8 nitrogen and oxygen atoms in total. The third kappa shape index (κ3) is 2.14. The van der Waals surface area contributed by atoms with Crippen LogP contribution < -0.4 is 5.32 Å². The highest BCUT2D eigenvalue weighted by Crippen LogP contribution is 2.31. The lowest BCUT2D eigenvalue weighted by Crippen LogP contribution is -2.05. The maximum atomic E-state index is 11.1. The van der Waals surface area contributed by atoms with Gasteiger partial charge in [-0.3, -0.25) is 15.2 Å². The number of anilines is 1. The van der Waals surface area contributed by atoms with Crippen molar-refractivity contribution in [3.8, 4) is 0 Å². The lowest BCUT2D eigenvalue weighted by molar-refractivity contribution is -0.384. The molecule has 1 aromatic carbocycles. The molecule has 0 fully saturated rings. The Labute approximate surface area is 113 Å². The Balaban J connectivity index is 2.05. The van der Waals surface area contributed by atoms with Crippen LogP contribution in [0.1, 0.15) is 5.82 Å². The number of nitrogens with zero attached hydrogens (tertiary/aromatic N) is 4. The molecule has 0 unspecified atom stereocenters. The zero-order valence-electron chi connectivity index (χ0n) is 10.3. The molecule has 3 aromatic rings. The molecule has 0 aliphatic rings. The van der Waals surface area contributed by atoms with Crippen LogP contribution >= 0.6 is 0 Å². The number of para-hydroxylation sites is 1. The highest BCUT2D eigenvalue weighted by molar-refractivity contribution is 5.95. The molecule has 0 atom stereocenters. The van der Waals surface area contributed by atoms with Crippen molar-refractivity contribution in [2.75, 3.05) is 5.32 Å². The first-order chi connectivity index (χ1) is 9.75. The minimum absolute atomic E-state index is 0.0665. The third-order valence-electron chi connectivity index (χ3n) is 2.85. The SMILES string of the molecule is O=[N+]([O-])c1cnc2ccccc2c1NCc1ncn[nH]1. The molecule has 2 N–H and O–H groups in total. The van der Waals surface area contributed by atoms with Crippen LogP contribution in [0.2, 0.25) is 0 Å². The zero-order valence-corrected chi connectivity index (χ0v) is 10.3. The van der Waals surface area contributed by atoms with Crippen LogP contribution in [-0.4, -0.2) is 25.1 Å². The molecule has 0 saturated carbocycles. The molecule has 0 radical (unpaired) electrons. The van der Waals surface area contributed by atoms with Crippen molar-refractivity contribution in [1.82, 2.24) is 20.2 Å². The van der Waals surface area contributed by atoms with Gasteiger partial charge in [0.2, 0.25) is 0 Å². The second-order valence-electron chi connectivity index (χ2n) is 4.08. The summed E-state index contributed by atoms with van der Waals surface area (Å²) >= 11 is 0. The van der Waals surface area contributed by atoms with Crippen molar-refractivity contribution < 1.29 is 4.92 Å². The van der Waals surface area contributed by atoms with E-state index in [2.05, 4.69) is 25.5 Å². The molecule has 100 valence electrons. The normalized spacial score (nSPS) is 10.6. The third-order valence-corrected chi connectivity index (χ3v) is 2.85. The van der Waals surface area contributed by atoms with E-state index in [9.17, 15) is 10.1 Å². The summed E-state index contributed by atoms with van der Waals surface area (Å²) in [5, 5.41) is 21.3. The van der Waals surface area contributed by atoms with Crippen LogP contribution in [0, 0.1) is 10.1 Å². The summed E-state index contributed by atoms with van der Waals surface area (Å²) in [7, 11) is 0.